The van der Waals surface area contributed by atoms with E-state index in [1.165, 1.54) is 11.9 Å². The van der Waals surface area contributed by atoms with Crippen molar-refractivity contribution in [1.29, 1.82) is 0 Å². The maximum atomic E-state index is 12.5. The summed E-state index contributed by atoms with van der Waals surface area (Å²) in [6.07, 6.45) is 2.96. The van der Waals surface area contributed by atoms with E-state index in [0.29, 0.717) is 29.2 Å². The molecule has 26 heavy (non-hydrogen) atoms. The summed E-state index contributed by atoms with van der Waals surface area (Å²) in [5.41, 5.74) is 9.37. The molecule has 7 nitrogen and oxygen atoms in total. The Labute approximate surface area is 158 Å². The molecule has 8 heteroatoms. The molecule has 0 aliphatic carbocycles. The van der Waals surface area contributed by atoms with Crippen molar-refractivity contribution < 1.29 is 4.79 Å². The minimum atomic E-state index is -0.283. The van der Waals surface area contributed by atoms with Crippen LogP contribution in [0.3, 0.4) is 0 Å². The largest absolute Gasteiger partial charge is 0.349 e. The third kappa shape index (κ3) is 4.00. The highest BCUT2D eigenvalue weighted by molar-refractivity contribution is 6.03. The number of amides is 1. The zero-order chi connectivity index (χ0) is 18.0. The third-order valence-corrected chi connectivity index (χ3v) is 4.26. The van der Waals surface area contributed by atoms with Gasteiger partial charge in [-0.2, -0.15) is 5.10 Å². The van der Waals surface area contributed by atoms with Crippen molar-refractivity contribution in [2.24, 2.45) is 12.8 Å². The monoisotopic (exact) mass is 374 g/mol. The van der Waals surface area contributed by atoms with Crippen LogP contribution in [-0.2, 0) is 7.05 Å². The van der Waals surface area contributed by atoms with E-state index in [2.05, 4.69) is 46.4 Å². The van der Waals surface area contributed by atoms with E-state index >= 15 is 0 Å². The van der Waals surface area contributed by atoms with Gasteiger partial charge in [0, 0.05) is 19.6 Å². The number of halogens is 1. The quantitative estimate of drug-likeness (QED) is 0.714. The Bertz CT molecular complexity index is 890. The molecular weight excluding hydrogens is 352 g/mol. The molecule has 0 aliphatic heterocycles. The number of hydrogen-bond acceptors (Lipinski definition) is 5. The van der Waals surface area contributed by atoms with Crippen LogP contribution >= 0.6 is 12.4 Å². The number of carbonyl (C=O) groups excluding carboxylic acids is 1. The number of rotatable bonds is 5. The lowest BCUT2D eigenvalue weighted by molar-refractivity contribution is 0.0948. The van der Waals surface area contributed by atoms with Crippen LogP contribution in [0.1, 0.15) is 47.4 Å². The van der Waals surface area contributed by atoms with Crippen LogP contribution in [0, 0.1) is 0 Å². The smallest absolute Gasteiger partial charge is 0.270 e. The predicted octanol–water partition coefficient (Wildman–Crippen LogP) is 2.34. The highest BCUT2D eigenvalue weighted by Crippen LogP contribution is 2.18. The van der Waals surface area contributed by atoms with Crippen LogP contribution in [-0.4, -0.2) is 32.2 Å². The van der Waals surface area contributed by atoms with Gasteiger partial charge in [0.05, 0.1) is 11.6 Å². The highest BCUT2D eigenvalue weighted by atomic mass is 35.5. The molecule has 138 valence electrons. The molecule has 1 aromatic carbocycles. The predicted molar refractivity (Wildman–Crippen MR) is 103 cm³/mol. The Morgan fingerprint density at radius 2 is 1.85 bits per heavy atom. The van der Waals surface area contributed by atoms with E-state index < -0.39 is 0 Å². The van der Waals surface area contributed by atoms with Crippen molar-refractivity contribution in [3.8, 4) is 0 Å². The molecule has 1 unspecified atom stereocenters. The molecule has 3 aromatic rings. The van der Waals surface area contributed by atoms with Crippen molar-refractivity contribution in [3.63, 3.8) is 0 Å². The van der Waals surface area contributed by atoms with E-state index in [9.17, 15) is 4.79 Å². The van der Waals surface area contributed by atoms with Gasteiger partial charge < -0.3 is 11.1 Å². The average molecular weight is 375 g/mol. The zero-order valence-electron chi connectivity index (χ0n) is 15.0. The maximum absolute atomic E-state index is 12.5. The second-order valence-corrected chi connectivity index (χ2v) is 6.37. The van der Waals surface area contributed by atoms with Gasteiger partial charge in [0.25, 0.3) is 5.91 Å². The van der Waals surface area contributed by atoms with Crippen LogP contribution in [0.15, 0.2) is 36.8 Å². The van der Waals surface area contributed by atoms with Gasteiger partial charge in [-0.05, 0) is 17.0 Å². The van der Waals surface area contributed by atoms with E-state index in [0.717, 1.165) is 5.56 Å². The maximum Gasteiger partial charge on any atom is 0.270 e. The first kappa shape index (κ1) is 19.8. The van der Waals surface area contributed by atoms with Gasteiger partial charge in [0.1, 0.15) is 12.0 Å². The second-order valence-electron chi connectivity index (χ2n) is 6.37. The molecule has 0 bridgehead atoms. The Hall–Kier alpha value is -2.51. The van der Waals surface area contributed by atoms with Gasteiger partial charge in [-0.3, -0.25) is 9.48 Å². The molecule has 0 saturated heterocycles. The molecule has 1 amide bonds. The fourth-order valence-corrected chi connectivity index (χ4v) is 2.68. The van der Waals surface area contributed by atoms with Gasteiger partial charge in [-0.25, -0.2) is 9.97 Å². The Morgan fingerprint density at radius 1 is 1.19 bits per heavy atom. The lowest BCUT2D eigenvalue weighted by Crippen LogP contribution is -2.32. The van der Waals surface area contributed by atoms with E-state index in [4.69, 9.17) is 5.73 Å². The van der Waals surface area contributed by atoms with Crippen molar-refractivity contribution in [3.05, 3.63) is 53.6 Å². The lowest BCUT2D eigenvalue weighted by atomic mass is 9.99. The summed E-state index contributed by atoms with van der Waals surface area (Å²) in [5, 5.41) is 7.58. The molecule has 0 saturated carbocycles. The average Bonchev–Trinajstić information content (AvgIpc) is 3.00. The molecule has 1 atom stereocenters. The molecule has 2 heterocycles. The first-order valence-electron chi connectivity index (χ1n) is 8.23. The number of carbonyl (C=O) groups is 1. The van der Waals surface area contributed by atoms with Gasteiger partial charge >= 0.3 is 0 Å². The van der Waals surface area contributed by atoms with Gasteiger partial charge in [0.2, 0.25) is 0 Å². The van der Waals surface area contributed by atoms with Gasteiger partial charge in [-0.1, -0.05) is 38.1 Å². The van der Waals surface area contributed by atoms with Gasteiger partial charge in [0.15, 0.2) is 5.65 Å². The van der Waals surface area contributed by atoms with Crippen molar-refractivity contribution in [1.82, 2.24) is 25.1 Å². The second kappa shape index (κ2) is 8.25. The first-order valence-corrected chi connectivity index (χ1v) is 8.23. The number of nitrogens with one attached hydrogen (secondary N) is 1. The normalized spacial score (nSPS) is 12.0. The Kier molecular flexibility index (Phi) is 6.28. The number of benzene rings is 1. The number of hydrogen-bond donors (Lipinski definition) is 2. The zero-order valence-corrected chi connectivity index (χ0v) is 15.8. The summed E-state index contributed by atoms with van der Waals surface area (Å²) in [6.45, 7) is 4.62. The molecule has 3 N–H and O–H groups in total. The number of aryl methyl sites for hydroxylation is 1. The molecule has 3 rings (SSSR count). The third-order valence-electron chi connectivity index (χ3n) is 4.26. The van der Waals surface area contributed by atoms with Crippen molar-refractivity contribution >= 4 is 29.3 Å². The topological polar surface area (TPSA) is 98.7 Å². The molecular formula is C18H23ClN6O. The number of fused-ring (bicyclic) bond motifs is 1. The molecule has 0 aliphatic rings. The van der Waals surface area contributed by atoms with Crippen LogP contribution < -0.4 is 11.1 Å². The fraction of sp³-hybridized carbons (Fsp3) is 0.333. The molecule has 2 aromatic heterocycles. The van der Waals surface area contributed by atoms with E-state index in [-0.39, 0.29) is 24.4 Å². The number of nitrogens with two attached hydrogens (primary N) is 1. The summed E-state index contributed by atoms with van der Waals surface area (Å²) >= 11 is 0. The summed E-state index contributed by atoms with van der Waals surface area (Å²) in [6, 6.07) is 7.89. The van der Waals surface area contributed by atoms with Crippen LogP contribution in [0.2, 0.25) is 0 Å². The SMILES string of the molecule is CC(C)c1ccc(C(N)CNC(=O)c2ncnc3c2cnn3C)cc1.Cl. The standard InChI is InChI=1S/C18H22N6O.ClH/c1-11(2)12-4-6-13(7-5-12)15(19)9-20-18(25)16-14-8-23-24(3)17(14)22-10-21-16;/h4-8,10-11,15H,9,19H2,1-3H3,(H,20,25);1H. The minimum absolute atomic E-state index is 0. The molecule has 0 spiro atoms. The van der Waals surface area contributed by atoms with Crippen LogP contribution in [0.4, 0.5) is 0 Å². The fourth-order valence-electron chi connectivity index (χ4n) is 2.68. The Morgan fingerprint density at radius 3 is 2.50 bits per heavy atom. The lowest BCUT2D eigenvalue weighted by Gasteiger charge is -2.14. The molecule has 0 radical (unpaired) electrons. The van der Waals surface area contributed by atoms with Crippen molar-refractivity contribution in [2.45, 2.75) is 25.8 Å². The summed E-state index contributed by atoms with van der Waals surface area (Å²) in [4.78, 5) is 20.7. The first-order chi connectivity index (χ1) is 12.0. The summed E-state index contributed by atoms with van der Waals surface area (Å²) in [7, 11) is 1.77. The van der Waals surface area contributed by atoms with Gasteiger partial charge in [-0.15, -0.1) is 12.4 Å². The van der Waals surface area contributed by atoms with Crippen LogP contribution in [0.5, 0.6) is 0 Å². The van der Waals surface area contributed by atoms with Crippen LogP contribution in [0.25, 0.3) is 11.0 Å². The highest BCUT2D eigenvalue weighted by Gasteiger charge is 2.16. The minimum Gasteiger partial charge on any atom is -0.349 e. The number of aromatic nitrogens is 4. The summed E-state index contributed by atoms with van der Waals surface area (Å²) < 4.78 is 1.61. The van der Waals surface area contributed by atoms with E-state index in [1.807, 2.05) is 12.1 Å². The Balaban J connectivity index is 0.00000243. The summed E-state index contributed by atoms with van der Waals surface area (Å²) in [5.74, 6) is 0.194. The number of nitrogens with zero attached hydrogens (tertiary/aromatic N) is 4. The van der Waals surface area contributed by atoms with Crippen molar-refractivity contribution in [2.75, 3.05) is 6.54 Å². The van der Waals surface area contributed by atoms with E-state index in [1.54, 1.807) is 17.9 Å². The molecule has 0 fully saturated rings.